The van der Waals surface area contributed by atoms with Crippen molar-refractivity contribution in [2.45, 2.75) is 6.04 Å². The highest BCUT2D eigenvalue weighted by Crippen LogP contribution is 2.18. The van der Waals surface area contributed by atoms with Crippen LogP contribution in [-0.2, 0) is 4.79 Å². The Kier molecular flexibility index (Phi) is 5.26. The molecule has 0 radical (unpaired) electrons. The number of rotatable bonds is 6. The average Bonchev–Trinajstić information content (AvgIpc) is 3.14. The van der Waals surface area contributed by atoms with E-state index in [4.69, 9.17) is 4.42 Å². The number of hydrogen-bond donors (Lipinski definition) is 1. The maximum atomic E-state index is 12.2. The van der Waals surface area contributed by atoms with E-state index in [0.29, 0.717) is 6.54 Å². The van der Waals surface area contributed by atoms with E-state index in [9.17, 15) is 4.79 Å². The number of hydrogen-bond acceptors (Lipinski definition) is 4. The molecule has 0 aliphatic heterocycles. The second-order valence-corrected chi connectivity index (χ2v) is 6.00. The lowest BCUT2D eigenvalue weighted by molar-refractivity contribution is -0.116. The van der Waals surface area contributed by atoms with Crippen LogP contribution in [0, 0.1) is 0 Å². The summed E-state index contributed by atoms with van der Waals surface area (Å²) in [4.78, 5) is 18.6. The average molecular weight is 335 g/mol. The van der Waals surface area contributed by atoms with Crippen LogP contribution in [0.2, 0.25) is 0 Å². The van der Waals surface area contributed by atoms with Crippen molar-refractivity contribution in [1.82, 2.24) is 15.2 Å². The van der Waals surface area contributed by atoms with Crippen LogP contribution in [0.5, 0.6) is 0 Å². The largest absolute Gasteiger partial charge is 0.468 e. The Labute approximate surface area is 147 Å². The minimum absolute atomic E-state index is 0.00780. The molecule has 0 fully saturated rings. The SMILES string of the molecule is CN(C)C(CNC(=O)/C=C/c1cccc2cccnc12)c1ccco1. The van der Waals surface area contributed by atoms with E-state index in [1.165, 1.54) is 6.08 Å². The third-order valence-corrected chi connectivity index (χ3v) is 4.04. The molecule has 1 atom stereocenters. The van der Waals surface area contributed by atoms with E-state index in [0.717, 1.165) is 22.2 Å². The third kappa shape index (κ3) is 4.14. The summed E-state index contributed by atoms with van der Waals surface area (Å²) in [7, 11) is 3.91. The van der Waals surface area contributed by atoms with E-state index in [1.54, 1.807) is 18.5 Å². The van der Waals surface area contributed by atoms with E-state index >= 15 is 0 Å². The van der Waals surface area contributed by atoms with Crippen LogP contribution in [0.4, 0.5) is 0 Å². The lowest BCUT2D eigenvalue weighted by Crippen LogP contribution is -2.33. The number of nitrogens with zero attached hydrogens (tertiary/aromatic N) is 2. The Hall–Kier alpha value is -2.92. The molecule has 5 nitrogen and oxygen atoms in total. The van der Waals surface area contributed by atoms with Gasteiger partial charge >= 0.3 is 0 Å². The summed E-state index contributed by atoms with van der Waals surface area (Å²) in [5.74, 6) is 0.680. The maximum absolute atomic E-state index is 12.2. The molecule has 0 bridgehead atoms. The molecule has 1 aromatic carbocycles. The lowest BCUT2D eigenvalue weighted by Gasteiger charge is -2.22. The third-order valence-electron chi connectivity index (χ3n) is 4.04. The van der Waals surface area contributed by atoms with E-state index in [-0.39, 0.29) is 11.9 Å². The van der Waals surface area contributed by atoms with Gasteiger partial charge in [0.2, 0.25) is 5.91 Å². The van der Waals surface area contributed by atoms with Gasteiger partial charge in [-0.2, -0.15) is 0 Å². The predicted molar refractivity (Wildman–Crippen MR) is 98.9 cm³/mol. The van der Waals surface area contributed by atoms with Gasteiger partial charge in [-0.15, -0.1) is 0 Å². The molecule has 0 saturated carbocycles. The van der Waals surface area contributed by atoms with Crippen LogP contribution in [-0.4, -0.2) is 36.4 Å². The zero-order chi connectivity index (χ0) is 17.6. The Balaban J connectivity index is 1.66. The summed E-state index contributed by atoms with van der Waals surface area (Å²) in [5, 5.41) is 3.97. The second-order valence-electron chi connectivity index (χ2n) is 6.00. The molecule has 128 valence electrons. The molecule has 0 saturated heterocycles. The smallest absolute Gasteiger partial charge is 0.244 e. The summed E-state index contributed by atoms with van der Waals surface area (Å²) in [6.07, 6.45) is 6.73. The molecule has 5 heteroatoms. The molecule has 3 rings (SSSR count). The minimum atomic E-state index is -0.147. The Bertz CT molecular complexity index is 864. The van der Waals surface area contributed by atoms with Crippen LogP contribution in [0.25, 0.3) is 17.0 Å². The van der Waals surface area contributed by atoms with Crippen LogP contribution in [0.3, 0.4) is 0 Å². The number of pyridine rings is 1. The van der Waals surface area contributed by atoms with Gasteiger partial charge in [0, 0.05) is 29.8 Å². The number of carbonyl (C=O) groups excluding carboxylic acids is 1. The van der Waals surface area contributed by atoms with Gasteiger partial charge in [-0.05, 0) is 38.4 Å². The molecule has 0 spiro atoms. The first kappa shape index (κ1) is 16.9. The normalized spacial score (nSPS) is 12.8. The van der Waals surface area contributed by atoms with Gasteiger partial charge in [0.05, 0.1) is 17.8 Å². The van der Waals surface area contributed by atoms with Gasteiger partial charge < -0.3 is 9.73 Å². The molecule has 2 aromatic heterocycles. The number of benzene rings is 1. The molecule has 0 aliphatic rings. The van der Waals surface area contributed by atoms with E-state index in [2.05, 4.69) is 10.3 Å². The van der Waals surface area contributed by atoms with Crippen molar-refractivity contribution in [3.05, 3.63) is 72.3 Å². The van der Waals surface area contributed by atoms with Crippen LogP contribution in [0.15, 0.2) is 65.4 Å². The van der Waals surface area contributed by atoms with Crippen molar-refractivity contribution >= 4 is 22.9 Å². The number of para-hydroxylation sites is 1. The predicted octanol–water partition coefficient (Wildman–Crippen LogP) is 3.26. The molecule has 2 heterocycles. The van der Waals surface area contributed by atoms with Crippen molar-refractivity contribution in [1.29, 1.82) is 0 Å². The molecule has 0 aliphatic carbocycles. The fourth-order valence-corrected chi connectivity index (χ4v) is 2.70. The summed E-state index contributed by atoms with van der Waals surface area (Å²) < 4.78 is 5.45. The molecule has 1 unspecified atom stereocenters. The first-order valence-corrected chi connectivity index (χ1v) is 8.14. The van der Waals surface area contributed by atoms with Crippen molar-refractivity contribution < 1.29 is 9.21 Å². The van der Waals surface area contributed by atoms with Crippen molar-refractivity contribution in [3.63, 3.8) is 0 Å². The van der Waals surface area contributed by atoms with Gasteiger partial charge in [0.1, 0.15) is 5.76 Å². The molecular formula is C20H21N3O2. The van der Waals surface area contributed by atoms with Crippen molar-refractivity contribution in [2.24, 2.45) is 0 Å². The number of carbonyl (C=O) groups is 1. The highest BCUT2D eigenvalue weighted by Gasteiger charge is 2.17. The number of nitrogens with one attached hydrogen (secondary N) is 1. The number of furan rings is 1. The first-order chi connectivity index (χ1) is 12.1. The lowest BCUT2D eigenvalue weighted by atomic mass is 10.1. The maximum Gasteiger partial charge on any atom is 0.244 e. The minimum Gasteiger partial charge on any atom is -0.468 e. The highest BCUT2D eigenvalue weighted by atomic mass is 16.3. The number of amides is 1. The van der Waals surface area contributed by atoms with E-state index < -0.39 is 0 Å². The monoisotopic (exact) mass is 335 g/mol. The summed E-state index contributed by atoms with van der Waals surface area (Å²) in [6, 6.07) is 13.6. The van der Waals surface area contributed by atoms with Crippen LogP contribution in [0.1, 0.15) is 17.4 Å². The van der Waals surface area contributed by atoms with E-state index in [1.807, 2.05) is 61.5 Å². The Morgan fingerprint density at radius 1 is 1.24 bits per heavy atom. The summed E-state index contributed by atoms with van der Waals surface area (Å²) in [5.41, 5.74) is 1.80. The number of aromatic nitrogens is 1. The van der Waals surface area contributed by atoms with Crippen LogP contribution >= 0.6 is 0 Å². The zero-order valence-electron chi connectivity index (χ0n) is 14.3. The van der Waals surface area contributed by atoms with Crippen LogP contribution < -0.4 is 5.32 Å². The van der Waals surface area contributed by atoms with Gasteiger partial charge in [-0.1, -0.05) is 24.3 Å². The highest BCUT2D eigenvalue weighted by molar-refractivity contribution is 5.95. The fourth-order valence-electron chi connectivity index (χ4n) is 2.70. The molecule has 25 heavy (non-hydrogen) atoms. The Morgan fingerprint density at radius 3 is 2.84 bits per heavy atom. The van der Waals surface area contributed by atoms with Crippen molar-refractivity contribution in [3.8, 4) is 0 Å². The van der Waals surface area contributed by atoms with Gasteiger partial charge in [-0.3, -0.25) is 14.7 Å². The quantitative estimate of drug-likeness (QED) is 0.703. The fraction of sp³-hybridized carbons (Fsp3) is 0.200. The zero-order valence-corrected chi connectivity index (χ0v) is 14.3. The standard InChI is InChI=1S/C20H21N3O2/c1-23(2)17(18-9-5-13-25-18)14-22-19(24)11-10-16-7-3-6-15-8-4-12-21-20(15)16/h3-13,17H,14H2,1-2H3,(H,22,24)/b11-10+. The number of likely N-dealkylation sites (N-methyl/N-ethyl adjacent to an activating group) is 1. The van der Waals surface area contributed by atoms with Crippen molar-refractivity contribution in [2.75, 3.05) is 20.6 Å². The summed E-state index contributed by atoms with van der Waals surface area (Å²) in [6.45, 7) is 0.470. The second kappa shape index (κ2) is 7.77. The molecule has 1 amide bonds. The van der Waals surface area contributed by atoms with Gasteiger partial charge in [0.25, 0.3) is 0 Å². The topological polar surface area (TPSA) is 58.4 Å². The van der Waals surface area contributed by atoms with Gasteiger partial charge in [-0.25, -0.2) is 0 Å². The van der Waals surface area contributed by atoms with Gasteiger partial charge in [0.15, 0.2) is 0 Å². The molecule has 3 aromatic rings. The summed E-state index contributed by atoms with van der Waals surface area (Å²) >= 11 is 0. The molecular weight excluding hydrogens is 314 g/mol. The number of fused-ring (bicyclic) bond motifs is 1. The Morgan fingerprint density at radius 2 is 2.08 bits per heavy atom. The molecule has 1 N–H and O–H groups in total. The first-order valence-electron chi connectivity index (χ1n) is 8.14.